The highest BCUT2D eigenvalue weighted by Crippen LogP contribution is 2.31. The number of hydrogen-bond acceptors (Lipinski definition) is 5. The summed E-state index contributed by atoms with van der Waals surface area (Å²) in [5.41, 5.74) is 0.808. The predicted molar refractivity (Wildman–Crippen MR) is 87.7 cm³/mol. The van der Waals surface area contributed by atoms with Gasteiger partial charge >= 0.3 is 0 Å². The lowest BCUT2D eigenvalue weighted by molar-refractivity contribution is 0.0564. The van der Waals surface area contributed by atoms with Gasteiger partial charge in [-0.15, -0.1) is 0 Å². The lowest BCUT2D eigenvalue weighted by Crippen LogP contribution is -2.48. The van der Waals surface area contributed by atoms with Crippen LogP contribution in [0.25, 0.3) is 11.4 Å². The summed E-state index contributed by atoms with van der Waals surface area (Å²) in [4.78, 5) is 18.3. The highest BCUT2D eigenvalue weighted by Gasteiger charge is 2.37. The molecule has 1 saturated heterocycles. The molecule has 1 fully saturated rings. The monoisotopic (exact) mass is 363 g/mol. The number of aromatic nitrogens is 2. The van der Waals surface area contributed by atoms with E-state index >= 15 is 0 Å². The summed E-state index contributed by atoms with van der Waals surface area (Å²) in [6.07, 6.45) is 0. The number of likely N-dealkylation sites (tertiary alicyclic amines) is 1. The second-order valence-electron chi connectivity index (χ2n) is 5.47. The van der Waals surface area contributed by atoms with Crippen molar-refractivity contribution >= 4 is 28.8 Å². The highest BCUT2D eigenvalue weighted by molar-refractivity contribution is 7.08. The van der Waals surface area contributed by atoms with Crippen LogP contribution < -0.4 is 0 Å². The second-order valence-corrected chi connectivity index (χ2v) is 6.66. The van der Waals surface area contributed by atoms with Crippen LogP contribution in [0.2, 0.25) is 5.02 Å². The molecule has 0 atom stereocenters. The average molecular weight is 364 g/mol. The first-order valence-electron chi connectivity index (χ1n) is 7.23. The van der Waals surface area contributed by atoms with Crippen LogP contribution in [0.5, 0.6) is 0 Å². The van der Waals surface area contributed by atoms with Crippen molar-refractivity contribution in [1.29, 1.82) is 0 Å². The van der Waals surface area contributed by atoms with E-state index < -0.39 is 11.7 Å². The summed E-state index contributed by atoms with van der Waals surface area (Å²) in [5.74, 6) is -0.0622. The number of nitrogens with zero attached hydrogens (tertiary/aromatic N) is 3. The molecule has 122 valence electrons. The largest absolute Gasteiger partial charge is 0.339 e. The topological polar surface area (TPSA) is 59.2 Å². The molecule has 3 aromatic rings. The first-order valence-corrected chi connectivity index (χ1v) is 8.55. The van der Waals surface area contributed by atoms with E-state index in [1.165, 1.54) is 23.1 Å². The molecule has 1 aliphatic heterocycles. The molecule has 24 heavy (non-hydrogen) atoms. The fraction of sp³-hybridized carbons (Fsp3) is 0.188. The van der Waals surface area contributed by atoms with Gasteiger partial charge in [0.1, 0.15) is 5.82 Å². The van der Waals surface area contributed by atoms with Crippen molar-refractivity contribution in [2.24, 2.45) is 0 Å². The van der Waals surface area contributed by atoms with Crippen molar-refractivity contribution in [1.82, 2.24) is 15.0 Å². The van der Waals surface area contributed by atoms with Gasteiger partial charge in [0.05, 0.1) is 16.5 Å². The zero-order chi connectivity index (χ0) is 16.7. The highest BCUT2D eigenvalue weighted by atomic mass is 35.5. The van der Waals surface area contributed by atoms with E-state index in [1.807, 2.05) is 16.8 Å². The number of carbonyl (C=O) groups excluding carboxylic acids is 1. The Balaban J connectivity index is 1.46. The molecule has 4 rings (SSSR count). The van der Waals surface area contributed by atoms with Gasteiger partial charge in [-0.05, 0) is 23.6 Å². The van der Waals surface area contributed by atoms with E-state index in [2.05, 4.69) is 10.1 Å². The Morgan fingerprint density at radius 2 is 2.21 bits per heavy atom. The molecule has 0 spiro atoms. The van der Waals surface area contributed by atoms with Gasteiger partial charge in [0, 0.05) is 24.0 Å². The summed E-state index contributed by atoms with van der Waals surface area (Å²) in [6, 6.07) is 6.11. The van der Waals surface area contributed by atoms with Gasteiger partial charge in [0.15, 0.2) is 0 Å². The molecular weight excluding hydrogens is 353 g/mol. The Morgan fingerprint density at radius 1 is 1.38 bits per heavy atom. The number of rotatable bonds is 3. The maximum atomic E-state index is 13.8. The van der Waals surface area contributed by atoms with Crippen LogP contribution >= 0.6 is 22.9 Å². The molecular formula is C16H11ClFN3O2S. The number of carbonyl (C=O) groups is 1. The predicted octanol–water partition coefficient (Wildman–Crippen LogP) is 3.83. The first kappa shape index (κ1) is 15.3. The minimum Gasteiger partial charge on any atom is -0.339 e. The van der Waals surface area contributed by atoms with Gasteiger partial charge in [-0.1, -0.05) is 22.8 Å². The Morgan fingerprint density at radius 3 is 2.92 bits per heavy atom. The van der Waals surface area contributed by atoms with Crippen molar-refractivity contribution in [2.75, 3.05) is 13.1 Å². The summed E-state index contributed by atoms with van der Waals surface area (Å²) in [6.45, 7) is 0.795. The number of hydrogen-bond donors (Lipinski definition) is 0. The van der Waals surface area contributed by atoms with Gasteiger partial charge in [0.2, 0.25) is 11.7 Å². The third-order valence-corrected chi connectivity index (χ3v) is 4.91. The fourth-order valence-electron chi connectivity index (χ4n) is 2.57. The van der Waals surface area contributed by atoms with Crippen LogP contribution in [-0.4, -0.2) is 34.0 Å². The number of benzene rings is 1. The molecule has 1 aliphatic rings. The van der Waals surface area contributed by atoms with Crippen molar-refractivity contribution < 1.29 is 13.7 Å². The van der Waals surface area contributed by atoms with E-state index in [9.17, 15) is 9.18 Å². The van der Waals surface area contributed by atoms with E-state index in [4.69, 9.17) is 16.1 Å². The maximum absolute atomic E-state index is 13.8. The molecule has 1 aromatic carbocycles. The number of amides is 1. The molecule has 0 bridgehead atoms. The third-order valence-electron chi connectivity index (χ3n) is 3.92. The number of halogens is 2. The molecule has 8 heteroatoms. The van der Waals surface area contributed by atoms with Gasteiger partial charge in [0.25, 0.3) is 5.91 Å². The SMILES string of the molecule is O=C(c1c(F)cccc1Cl)N1CC(c2nc(-c3ccsc3)no2)C1. The standard InChI is InChI=1S/C16H11ClFN3O2S/c17-11-2-1-3-12(18)13(11)16(22)21-6-10(7-21)15-19-14(20-23-15)9-4-5-24-8-9/h1-5,8,10H,6-7H2. The molecule has 0 radical (unpaired) electrons. The van der Waals surface area contributed by atoms with Gasteiger partial charge in [-0.2, -0.15) is 16.3 Å². The molecule has 5 nitrogen and oxygen atoms in total. The summed E-state index contributed by atoms with van der Waals surface area (Å²) in [7, 11) is 0. The number of thiophene rings is 1. The van der Waals surface area contributed by atoms with Crippen molar-refractivity contribution in [3.8, 4) is 11.4 Å². The Hall–Kier alpha value is -2.25. The van der Waals surface area contributed by atoms with Crippen LogP contribution in [0.15, 0.2) is 39.5 Å². The lowest BCUT2D eigenvalue weighted by atomic mass is 9.98. The zero-order valence-corrected chi connectivity index (χ0v) is 13.9. The smallest absolute Gasteiger partial charge is 0.258 e. The Bertz CT molecular complexity index is 870. The van der Waals surface area contributed by atoms with Crippen LogP contribution in [-0.2, 0) is 0 Å². The van der Waals surface area contributed by atoms with Crippen LogP contribution in [0, 0.1) is 5.82 Å². The normalized spacial score (nSPS) is 14.7. The molecule has 1 amide bonds. The van der Waals surface area contributed by atoms with E-state index in [-0.39, 0.29) is 16.5 Å². The van der Waals surface area contributed by atoms with Crippen LogP contribution in [0.1, 0.15) is 22.2 Å². The average Bonchev–Trinajstić information content (AvgIpc) is 3.16. The minimum atomic E-state index is -0.617. The van der Waals surface area contributed by atoms with E-state index in [0.29, 0.717) is 24.8 Å². The molecule has 0 N–H and O–H groups in total. The van der Waals surface area contributed by atoms with Crippen molar-refractivity contribution in [3.63, 3.8) is 0 Å². The van der Waals surface area contributed by atoms with E-state index in [0.717, 1.165) is 5.56 Å². The minimum absolute atomic E-state index is 0.0422. The molecule has 0 saturated carbocycles. The second kappa shape index (κ2) is 5.99. The molecule has 0 aliphatic carbocycles. The summed E-state index contributed by atoms with van der Waals surface area (Å²) >= 11 is 7.49. The van der Waals surface area contributed by atoms with Crippen LogP contribution in [0.4, 0.5) is 4.39 Å². The first-order chi connectivity index (χ1) is 11.6. The summed E-state index contributed by atoms with van der Waals surface area (Å²) < 4.78 is 19.1. The third kappa shape index (κ3) is 2.59. The van der Waals surface area contributed by atoms with Crippen LogP contribution in [0.3, 0.4) is 0 Å². The van der Waals surface area contributed by atoms with Gasteiger partial charge in [-0.25, -0.2) is 4.39 Å². The maximum Gasteiger partial charge on any atom is 0.258 e. The molecule has 3 heterocycles. The quantitative estimate of drug-likeness (QED) is 0.709. The molecule has 0 unspecified atom stereocenters. The molecule has 2 aromatic heterocycles. The van der Waals surface area contributed by atoms with Gasteiger partial charge in [-0.3, -0.25) is 4.79 Å². The van der Waals surface area contributed by atoms with Crippen molar-refractivity contribution in [2.45, 2.75) is 5.92 Å². The fourth-order valence-corrected chi connectivity index (χ4v) is 3.45. The Labute approximate surface area is 145 Å². The zero-order valence-electron chi connectivity index (χ0n) is 12.3. The summed E-state index contributed by atoms with van der Waals surface area (Å²) in [5, 5.41) is 7.94. The Kier molecular flexibility index (Phi) is 3.82. The van der Waals surface area contributed by atoms with Gasteiger partial charge < -0.3 is 9.42 Å². The van der Waals surface area contributed by atoms with E-state index in [1.54, 1.807) is 11.3 Å². The van der Waals surface area contributed by atoms with Crippen molar-refractivity contribution in [3.05, 3.63) is 57.3 Å². The lowest BCUT2D eigenvalue weighted by Gasteiger charge is -2.37.